The molecule has 0 aromatic heterocycles. The maximum Gasteiger partial charge on any atom is 0.253 e. The van der Waals surface area contributed by atoms with Gasteiger partial charge in [-0.1, -0.05) is 0 Å². The normalized spacial score (nSPS) is 9.88. The van der Waals surface area contributed by atoms with E-state index in [2.05, 4.69) is 5.48 Å². The first kappa shape index (κ1) is 12.9. The van der Waals surface area contributed by atoms with Gasteiger partial charge < -0.3 is 4.74 Å². The Morgan fingerprint density at radius 2 is 2.06 bits per heavy atom. The van der Waals surface area contributed by atoms with Crippen LogP contribution < -0.4 is 10.2 Å². The molecule has 0 saturated carbocycles. The number of nitrogens with one attached hydrogen (secondary N) is 1. The molecule has 1 N–H and O–H groups in total. The van der Waals surface area contributed by atoms with Crippen LogP contribution in [0.1, 0.15) is 6.92 Å². The molecule has 1 aromatic carbocycles. The lowest BCUT2D eigenvalue weighted by atomic mass is 10.3. The van der Waals surface area contributed by atoms with Crippen molar-refractivity contribution in [2.24, 2.45) is 0 Å². The van der Waals surface area contributed by atoms with Crippen LogP contribution in [0.4, 0.5) is 0 Å². The molecule has 0 atom stereocenters. The average molecular weight is 241 g/mol. The number of carbonyl (C=O) groups excluding carboxylic acids is 1. The average Bonchev–Trinajstić information content (AvgIpc) is 2.34. The third kappa shape index (κ3) is 4.55. The number of carbonyl (C=O) groups is 1. The van der Waals surface area contributed by atoms with Crippen molar-refractivity contribution >= 4 is 17.7 Å². The van der Waals surface area contributed by atoms with E-state index in [1.165, 1.54) is 11.8 Å². The van der Waals surface area contributed by atoms with Crippen LogP contribution in [0.2, 0.25) is 0 Å². The Morgan fingerprint density at radius 3 is 2.62 bits per heavy atom. The van der Waals surface area contributed by atoms with E-state index >= 15 is 0 Å². The lowest BCUT2D eigenvalue weighted by Gasteiger charge is -2.04. The molecule has 0 aliphatic rings. The minimum Gasteiger partial charge on any atom is -0.497 e. The first-order valence-corrected chi connectivity index (χ1v) is 5.92. The second-order valence-electron chi connectivity index (χ2n) is 2.92. The van der Waals surface area contributed by atoms with Crippen LogP contribution in [0.3, 0.4) is 0 Å². The van der Waals surface area contributed by atoms with Crippen LogP contribution in [0.5, 0.6) is 5.75 Å². The Kier molecular flexibility index (Phi) is 5.74. The Morgan fingerprint density at radius 1 is 1.38 bits per heavy atom. The van der Waals surface area contributed by atoms with Gasteiger partial charge in [-0.05, 0) is 31.2 Å². The predicted octanol–water partition coefficient (Wildman–Crippen LogP) is 1.85. The largest absolute Gasteiger partial charge is 0.497 e. The van der Waals surface area contributed by atoms with Gasteiger partial charge in [0.15, 0.2) is 0 Å². The molecule has 1 amide bonds. The highest BCUT2D eigenvalue weighted by molar-refractivity contribution is 8.00. The molecule has 0 bridgehead atoms. The lowest BCUT2D eigenvalue weighted by Crippen LogP contribution is -2.25. The molecule has 0 heterocycles. The summed E-state index contributed by atoms with van der Waals surface area (Å²) in [6.07, 6.45) is 0. The van der Waals surface area contributed by atoms with Gasteiger partial charge in [-0.15, -0.1) is 11.8 Å². The summed E-state index contributed by atoms with van der Waals surface area (Å²) in [6.45, 7) is 2.29. The fourth-order valence-electron chi connectivity index (χ4n) is 1.00. The third-order valence-corrected chi connectivity index (χ3v) is 2.77. The van der Waals surface area contributed by atoms with Crippen molar-refractivity contribution in [3.63, 3.8) is 0 Å². The number of benzene rings is 1. The monoisotopic (exact) mass is 241 g/mol. The van der Waals surface area contributed by atoms with Crippen LogP contribution in [-0.4, -0.2) is 25.4 Å². The van der Waals surface area contributed by atoms with E-state index in [-0.39, 0.29) is 5.91 Å². The van der Waals surface area contributed by atoms with Gasteiger partial charge in [-0.25, -0.2) is 5.48 Å². The van der Waals surface area contributed by atoms with Gasteiger partial charge in [-0.3, -0.25) is 9.63 Å². The summed E-state index contributed by atoms with van der Waals surface area (Å²) in [6, 6.07) is 7.56. The minimum atomic E-state index is -0.136. The van der Waals surface area contributed by atoms with Crippen molar-refractivity contribution in [1.29, 1.82) is 0 Å². The maximum absolute atomic E-state index is 11.2. The van der Waals surface area contributed by atoms with E-state index in [9.17, 15) is 4.79 Å². The van der Waals surface area contributed by atoms with E-state index in [1.54, 1.807) is 7.11 Å². The molecule has 0 spiro atoms. The van der Waals surface area contributed by atoms with Gasteiger partial charge in [0.2, 0.25) is 0 Å². The van der Waals surface area contributed by atoms with Gasteiger partial charge in [0.05, 0.1) is 19.5 Å². The number of ether oxygens (including phenoxy) is 1. The molecule has 1 rings (SSSR count). The molecule has 1 aromatic rings. The Bertz CT molecular complexity index is 327. The standard InChI is InChI=1S/C11H15NO3S/c1-3-15-12-11(13)8-16-10-6-4-9(14-2)5-7-10/h4-7H,3,8H2,1-2H3,(H,12,13). The molecule has 0 unspecified atom stereocenters. The van der Waals surface area contributed by atoms with Gasteiger partial charge in [0.1, 0.15) is 5.75 Å². The van der Waals surface area contributed by atoms with Gasteiger partial charge in [0, 0.05) is 4.90 Å². The molecule has 0 saturated heterocycles. The van der Waals surface area contributed by atoms with Crippen LogP contribution >= 0.6 is 11.8 Å². The summed E-state index contributed by atoms with van der Waals surface area (Å²) in [4.78, 5) is 17.0. The number of thioether (sulfide) groups is 1. The topological polar surface area (TPSA) is 47.6 Å². The van der Waals surface area contributed by atoms with Gasteiger partial charge in [-0.2, -0.15) is 0 Å². The number of hydroxylamine groups is 1. The van der Waals surface area contributed by atoms with Crippen molar-refractivity contribution in [3.8, 4) is 5.75 Å². The van der Waals surface area contributed by atoms with Crippen molar-refractivity contribution in [1.82, 2.24) is 5.48 Å². The molecule has 0 aliphatic carbocycles. The zero-order valence-corrected chi connectivity index (χ0v) is 10.2. The Balaban J connectivity index is 2.33. The van der Waals surface area contributed by atoms with E-state index in [4.69, 9.17) is 9.57 Å². The molecular formula is C11H15NO3S. The molecule has 0 fully saturated rings. The molecule has 4 nitrogen and oxygen atoms in total. The molecule has 16 heavy (non-hydrogen) atoms. The zero-order chi connectivity index (χ0) is 11.8. The summed E-state index contributed by atoms with van der Waals surface area (Å²) in [5.41, 5.74) is 2.34. The summed E-state index contributed by atoms with van der Waals surface area (Å²) in [5.74, 6) is 1.01. The Hall–Kier alpha value is -1.20. The van der Waals surface area contributed by atoms with Crippen LogP contribution in [-0.2, 0) is 9.63 Å². The molecule has 0 radical (unpaired) electrons. The van der Waals surface area contributed by atoms with Crippen LogP contribution in [0.15, 0.2) is 29.2 Å². The number of rotatable bonds is 6. The second-order valence-corrected chi connectivity index (χ2v) is 3.97. The van der Waals surface area contributed by atoms with E-state index in [1.807, 2.05) is 31.2 Å². The quantitative estimate of drug-likeness (QED) is 0.610. The summed E-state index contributed by atoms with van der Waals surface area (Å²) in [5, 5.41) is 0. The zero-order valence-electron chi connectivity index (χ0n) is 9.36. The van der Waals surface area contributed by atoms with Crippen LogP contribution in [0.25, 0.3) is 0 Å². The van der Waals surface area contributed by atoms with Crippen LogP contribution in [0, 0.1) is 0 Å². The first-order chi connectivity index (χ1) is 7.76. The molecule has 5 heteroatoms. The van der Waals surface area contributed by atoms with Gasteiger partial charge >= 0.3 is 0 Å². The summed E-state index contributed by atoms with van der Waals surface area (Å²) >= 11 is 1.45. The highest BCUT2D eigenvalue weighted by Crippen LogP contribution is 2.20. The molecular weight excluding hydrogens is 226 g/mol. The first-order valence-electron chi connectivity index (χ1n) is 4.93. The second kappa shape index (κ2) is 7.14. The SMILES string of the molecule is CCONC(=O)CSc1ccc(OC)cc1. The van der Waals surface area contributed by atoms with E-state index in [0.29, 0.717) is 12.4 Å². The van der Waals surface area contributed by atoms with Crippen molar-refractivity contribution < 1.29 is 14.4 Å². The van der Waals surface area contributed by atoms with Crippen molar-refractivity contribution in [2.75, 3.05) is 19.5 Å². The summed E-state index contributed by atoms with van der Waals surface area (Å²) in [7, 11) is 1.62. The fourth-order valence-corrected chi connectivity index (χ4v) is 1.69. The summed E-state index contributed by atoms with van der Waals surface area (Å²) < 4.78 is 5.04. The smallest absolute Gasteiger partial charge is 0.253 e. The fraction of sp³-hybridized carbons (Fsp3) is 0.364. The molecule has 88 valence electrons. The van der Waals surface area contributed by atoms with E-state index < -0.39 is 0 Å². The minimum absolute atomic E-state index is 0.136. The number of amides is 1. The maximum atomic E-state index is 11.2. The Labute approximate surface area is 99.3 Å². The number of hydrogen-bond acceptors (Lipinski definition) is 4. The van der Waals surface area contributed by atoms with Gasteiger partial charge in [0.25, 0.3) is 5.91 Å². The van der Waals surface area contributed by atoms with Crippen molar-refractivity contribution in [2.45, 2.75) is 11.8 Å². The third-order valence-electron chi connectivity index (χ3n) is 1.76. The highest BCUT2D eigenvalue weighted by Gasteiger charge is 2.02. The highest BCUT2D eigenvalue weighted by atomic mass is 32.2. The lowest BCUT2D eigenvalue weighted by molar-refractivity contribution is -0.130. The number of methoxy groups -OCH3 is 1. The predicted molar refractivity (Wildman–Crippen MR) is 63.5 cm³/mol. The number of hydrogen-bond donors (Lipinski definition) is 1. The van der Waals surface area contributed by atoms with Crippen molar-refractivity contribution in [3.05, 3.63) is 24.3 Å². The van der Waals surface area contributed by atoms with E-state index in [0.717, 1.165) is 10.6 Å². The molecule has 0 aliphatic heterocycles.